The molecular weight excluding hydrogens is 388 g/mol. The summed E-state index contributed by atoms with van der Waals surface area (Å²) in [6.07, 6.45) is 0.807. The number of ether oxygens (including phenoxy) is 1. The molecule has 0 heterocycles. The summed E-state index contributed by atoms with van der Waals surface area (Å²) >= 11 is 0. The Morgan fingerprint density at radius 1 is 1.00 bits per heavy atom. The van der Waals surface area contributed by atoms with Crippen LogP contribution in [0, 0.1) is 0 Å². The van der Waals surface area contributed by atoms with E-state index in [-0.39, 0.29) is 27.7 Å². The summed E-state index contributed by atoms with van der Waals surface area (Å²) in [4.78, 5) is 0. The van der Waals surface area contributed by atoms with Gasteiger partial charge in [-0.15, -0.1) is 0 Å². The monoisotopic (exact) mass is 408 g/mol. The predicted molar refractivity (Wildman–Crippen MR) is 54.1 cm³/mol. The molecule has 7 heteroatoms. The first-order chi connectivity index (χ1) is 6.74. The summed E-state index contributed by atoms with van der Waals surface area (Å²) in [5.74, 6) is 0. The molecule has 0 amide bonds. The van der Waals surface area contributed by atoms with Crippen molar-refractivity contribution < 1.29 is 44.2 Å². The van der Waals surface area contributed by atoms with Crippen LogP contribution in [0.1, 0.15) is 6.42 Å². The maximum Gasteiger partial charge on any atom is 0.500 e. The Hall–Kier alpha value is 0.705. The molecule has 0 radical (unpaired) electrons. The Labute approximate surface area is 107 Å². The molecule has 0 aliphatic heterocycles. The molecule has 0 aromatic carbocycles. The van der Waals surface area contributed by atoms with Crippen molar-refractivity contribution >= 4 is 8.80 Å². The van der Waals surface area contributed by atoms with Crippen LogP contribution < -0.4 is 0 Å². The normalized spacial score (nSPS) is 11.2. The van der Waals surface area contributed by atoms with Crippen molar-refractivity contribution in [2.75, 3.05) is 41.2 Å². The number of aliphatic hydroxyl groups excluding tert-OH is 1. The molecule has 92 valence electrons. The summed E-state index contributed by atoms with van der Waals surface area (Å²) in [6.45, 7) is 1.02. The van der Waals surface area contributed by atoms with Crippen LogP contribution in [-0.4, -0.2) is 55.1 Å². The molecule has 0 atom stereocenters. The quantitative estimate of drug-likeness (QED) is 0.439. The van der Waals surface area contributed by atoms with Crippen LogP contribution >= 0.6 is 0 Å². The summed E-state index contributed by atoms with van der Waals surface area (Å²) in [6, 6.07) is 0.724. The smallest absolute Gasteiger partial charge is 0.394 e. The van der Waals surface area contributed by atoms with Crippen molar-refractivity contribution in [1.29, 1.82) is 0 Å². The fourth-order valence-electron chi connectivity index (χ4n) is 1.11. The second kappa shape index (κ2) is 11.2. The van der Waals surface area contributed by atoms with Gasteiger partial charge in [-0.05, 0) is 6.42 Å². The summed E-state index contributed by atoms with van der Waals surface area (Å²) < 4.78 is 20.8. The third kappa shape index (κ3) is 7.57. The number of rotatable bonds is 9. The number of hydrogen-bond donors (Lipinski definition) is 1. The van der Waals surface area contributed by atoms with Crippen LogP contribution in [0.2, 0.25) is 6.04 Å². The fourth-order valence-corrected chi connectivity index (χ4v) is 2.80. The standard InChI is InChI=1S/C8H20O5Si.W/c1-10-14(11-2,12-3)8-4-6-13-7-5-9;/h9H,4-8H2,1-3H3;. The van der Waals surface area contributed by atoms with Crippen molar-refractivity contribution in [3.8, 4) is 0 Å². The van der Waals surface area contributed by atoms with Gasteiger partial charge in [0, 0.05) is 55.0 Å². The molecule has 0 saturated carbocycles. The van der Waals surface area contributed by atoms with Crippen molar-refractivity contribution in [3.05, 3.63) is 0 Å². The average molecular weight is 408 g/mol. The largest absolute Gasteiger partial charge is 0.500 e. The Morgan fingerprint density at radius 3 is 1.93 bits per heavy atom. The fraction of sp³-hybridized carbons (Fsp3) is 1.00. The Bertz CT molecular complexity index is 126. The summed E-state index contributed by atoms with van der Waals surface area (Å²) in [7, 11) is 2.35. The molecule has 0 unspecified atom stereocenters. The minimum Gasteiger partial charge on any atom is -0.394 e. The predicted octanol–water partition coefficient (Wildman–Crippen LogP) is 0.261. The first kappa shape index (κ1) is 18.1. The van der Waals surface area contributed by atoms with Gasteiger partial charge in [-0.1, -0.05) is 0 Å². The third-order valence-electron chi connectivity index (χ3n) is 1.94. The van der Waals surface area contributed by atoms with Gasteiger partial charge in [-0.3, -0.25) is 0 Å². The molecule has 1 N–H and O–H groups in total. The van der Waals surface area contributed by atoms with Crippen LogP contribution in [0.4, 0.5) is 0 Å². The number of aliphatic hydroxyl groups is 1. The second-order valence-corrected chi connectivity index (χ2v) is 5.83. The average Bonchev–Trinajstić information content (AvgIpc) is 2.24. The van der Waals surface area contributed by atoms with E-state index in [1.54, 1.807) is 21.3 Å². The Balaban J connectivity index is 0. The molecular formula is C8H20O5SiW. The first-order valence-corrected chi connectivity index (χ1v) is 6.52. The zero-order valence-corrected chi connectivity index (χ0v) is 13.5. The van der Waals surface area contributed by atoms with E-state index in [1.807, 2.05) is 0 Å². The zero-order valence-electron chi connectivity index (χ0n) is 9.52. The molecule has 0 aliphatic rings. The van der Waals surface area contributed by atoms with Crippen molar-refractivity contribution in [3.63, 3.8) is 0 Å². The maximum absolute atomic E-state index is 8.47. The topological polar surface area (TPSA) is 57.2 Å². The van der Waals surface area contributed by atoms with E-state index < -0.39 is 8.80 Å². The van der Waals surface area contributed by atoms with Crippen LogP contribution in [0.15, 0.2) is 0 Å². The SMILES string of the molecule is CO[Si](CCCOCCO)(OC)OC.[W]. The Kier molecular flexibility index (Phi) is 13.5. The van der Waals surface area contributed by atoms with Crippen LogP contribution in [-0.2, 0) is 39.1 Å². The van der Waals surface area contributed by atoms with Gasteiger partial charge >= 0.3 is 8.80 Å². The summed E-state index contributed by atoms with van der Waals surface area (Å²) in [5.41, 5.74) is 0. The van der Waals surface area contributed by atoms with Gasteiger partial charge in [0.1, 0.15) is 0 Å². The molecule has 15 heavy (non-hydrogen) atoms. The van der Waals surface area contributed by atoms with Gasteiger partial charge in [-0.2, -0.15) is 0 Å². The van der Waals surface area contributed by atoms with Gasteiger partial charge in [0.05, 0.1) is 13.2 Å². The molecule has 0 bridgehead atoms. The number of hydrogen-bond acceptors (Lipinski definition) is 5. The van der Waals surface area contributed by atoms with E-state index in [9.17, 15) is 0 Å². The molecule has 0 saturated heterocycles. The minimum absolute atomic E-state index is 0. The van der Waals surface area contributed by atoms with Crippen LogP contribution in [0.3, 0.4) is 0 Å². The van der Waals surface area contributed by atoms with E-state index >= 15 is 0 Å². The van der Waals surface area contributed by atoms with Crippen molar-refractivity contribution in [2.45, 2.75) is 12.5 Å². The molecule has 0 aromatic rings. The second-order valence-electron chi connectivity index (χ2n) is 2.73. The molecule has 0 rings (SSSR count). The molecule has 0 aliphatic carbocycles. The first-order valence-electron chi connectivity index (χ1n) is 4.58. The van der Waals surface area contributed by atoms with Gasteiger partial charge in [0.2, 0.25) is 0 Å². The van der Waals surface area contributed by atoms with Crippen LogP contribution in [0.25, 0.3) is 0 Å². The van der Waals surface area contributed by atoms with Gasteiger partial charge in [0.15, 0.2) is 0 Å². The van der Waals surface area contributed by atoms with E-state index in [1.165, 1.54) is 0 Å². The van der Waals surface area contributed by atoms with Gasteiger partial charge in [0.25, 0.3) is 0 Å². The van der Waals surface area contributed by atoms with Gasteiger partial charge in [-0.25, -0.2) is 0 Å². The zero-order chi connectivity index (χ0) is 10.9. The molecule has 0 spiro atoms. The van der Waals surface area contributed by atoms with E-state index in [4.69, 9.17) is 23.1 Å². The van der Waals surface area contributed by atoms with E-state index in [0.29, 0.717) is 13.2 Å². The van der Waals surface area contributed by atoms with Gasteiger partial charge < -0.3 is 23.1 Å². The summed E-state index contributed by atoms with van der Waals surface area (Å²) in [5, 5.41) is 8.47. The van der Waals surface area contributed by atoms with Crippen molar-refractivity contribution in [1.82, 2.24) is 0 Å². The van der Waals surface area contributed by atoms with E-state index in [0.717, 1.165) is 12.5 Å². The van der Waals surface area contributed by atoms with Crippen LogP contribution in [0.5, 0.6) is 0 Å². The molecule has 0 aromatic heterocycles. The maximum atomic E-state index is 8.47. The molecule has 5 nitrogen and oxygen atoms in total. The van der Waals surface area contributed by atoms with Crippen molar-refractivity contribution in [2.24, 2.45) is 0 Å². The Morgan fingerprint density at radius 2 is 1.53 bits per heavy atom. The molecule has 0 fully saturated rings. The third-order valence-corrected chi connectivity index (χ3v) is 4.77. The van der Waals surface area contributed by atoms with E-state index in [2.05, 4.69) is 0 Å². The minimum atomic E-state index is -2.42.